The minimum Gasteiger partial charge on any atom is -0.299 e. The molecule has 2 aromatic heterocycles. The van der Waals surface area contributed by atoms with Crippen LogP contribution in [0.5, 0.6) is 0 Å². The average Bonchev–Trinajstić information content (AvgIpc) is 3.02. The summed E-state index contributed by atoms with van der Waals surface area (Å²) in [5.74, 6) is 0.742. The number of nitrogens with one attached hydrogen (secondary N) is 1. The van der Waals surface area contributed by atoms with Crippen molar-refractivity contribution in [1.82, 2.24) is 24.9 Å². The molecule has 2 aromatic rings. The zero-order valence-corrected chi connectivity index (χ0v) is 11.4. The number of rotatable bonds is 4. The topological polar surface area (TPSA) is 49.7 Å². The number of piperidine rings is 1. The van der Waals surface area contributed by atoms with Crippen LogP contribution in [0.25, 0.3) is 0 Å². The third-order valence-electron chi connectivity index (χ3n) is 3.83. The molecule has 0 unspecified atom stereocenters. The second-order valence-corrected chi connectivity index (χ2v) is 5.55. The molecule has 0 aliphatic carbocycles. The molecule has 1 saturated heterocycles. The molecule has 102 valence electrons. The van der Waals surface area contributed by atoms with Crippen molar-refractivity contribution in [3.05, 3.63) is 35.9 Å². The first-order chi connectivity index (χ1) is 9.29. The Balaban J connectivity index is 1.55. The summed E-state index contributed by atoms with van der Waals surface area (Å²) >= 11 is 0. The van der Waals surface area contributed by atoms with Crippen molar-refractivity contribution in [2.24, 2.45) is 13.0 Å². The van der Waals surface area contributed by atoms with Gasteiger partial charge in [0, 0.05) is 43.8 Å². The predicted octanol–water partition coefficient (Wildman–Crippen LogP) is 1.60. The molecule has 0 radical (unpaired) electrons. The van der Waals surface area contributed by atoms with Crippen molar-refractivity contribution in [2.75, 3.05) is 13.1 Å². The van der Waals surface area contributed by atoms with Gasteiger partial charge in [0.25, 0.3) is 0 Å². The number of nitrogens with zero attached hydrogens (tertiary/aromatic N) is 4. The Morgan fingerprint density at radius 3 is 3.16 bits per heavy atom. The van der Waals surface area contributed by atoms with E-state index in [2.05, 4.69) is 32.5 Å². The zero-order chi connectivity index (χ0) is 13.1. The van der Waals surface area contributed by atoms with Crippen LogP contribution >= 0.6 is 0 Å². The van der Waals surface area contributed by atoms with E-state index >= 15 is 0 Å². The number of H-pyrrole nitrogens is 1. The molecule has 3 heterocycles. The van der Waals surface area contributed by atoms with Crippen LogP contribution in [0.1, 0.15) is 24.1 Å². The third kappa shape index (κ3) is 3.23. The van der Waals surface area contributed by atoms with Crippen molar-refractivity contribution in [2.45, 2.75) is 25.8 Å². The maximum Gasteiger partial charge on any atom is 0.0534 e. The summed E-state index contributed by atoms with van der Waals surface area (Å²) in [5, 5.41) is 11.3. The maximum atomic E-state index is 4.24. The van der Waals surface area contributed by atoms with Gasteiger partial charge in [0.2, 0.25) is 0 Å². The van der Waals surface area contributed by atoms with Crippen molar-refractivity contribution in [3.63, 3.8) is 0 Å². The van der Waals surface area contributed by atoms with Gasteiger partial charge in [-0.2, -0.15) is 10.2 Å². The van der Waals surface area contributed by atoms with Gasteiger partial charge >= 0.3 is 0 Å². The van der Waals surface area contributed by atoms with Crippen LogP contribution < -0.4 is 0 Å². The second kappa shape index (κ2) is 5.57. The van der Waals surface area contributed by atoms with Crippen molar-refractivity contribution in [3.8, 4) is 0 Å². The van der Waals surface area contributed by atoms with Crippen LogP contribution in [0, 0.1) is 5.92 Å². The maximum absolute atomic E-state index is 4.24. The van der Waals surface area contributed by atoms with Gasteiger partial charge in [-0.3, -0.25) is 14.7 Å². The lowest BCUT2D eigenvalue weighted by Gasteiger charge is -2.32. The van der Waals surface area contributed by atoms with E-state index < -0.39 is 0 Å². The Morgan fingerprint density at radius 2 is 2.42 bits per heavy atom. The molecule has 0 saturated carbocycles. The fraction of sp³-hybridized carbons (Fsp3) is 0.571. The zero-order valence-electron chi connectivity index (χ0n) is 11.4. The molecule has 0 spiro atoms. The second-order valence-electron chi connectivity index (χ2n) is 5.55. The highest BCUT2D eigenvalue weighted by Gasteiger charge is 2.20. The number of hydrogen-bond donors (Lipinski definition) is 1. The summed E-state index contributed by atoms with van der Waals surface area (Å²) in [4.78, 5) is 2.54. The van der Waals surface area contributed by atoms with Crippen molar-refractivity contribution in [1.29, 1.82) is 0 Å². The van der Waals surface area contributed by atoms with E-state index in [1.165, 1.54) is 37.2 Å². The first kappa shape index (κ1) is 12.4. The van der Waals surface area contributed by atoms with Gasteiger partial charge in [-0.25, -0.2) is 0 Å². The van der Waals surface area contributed by atoms with Crippen LogP contribution in [0.4, 0.5) is 0 Å². The lowest BCUT2D eigenvalue weighted by Crippen LogP contribution is -2.35. The molecule has 1 atom stereocenters. The molecule has 1 N–H and O–H groups in total. The van der Waals surface area contributed by atoms with Crippen LogP contribution in [0.15, 0.2) is 24.7 Å². The van der Waals surface area contributed by atoms with E-state index in [9.17, 15) is 0 Å². The molecule has 5 nitrogen and oxygen atoms in total. The summed E-state index contributed by atoms with van der Waals surface area (Å²) < 4.78 is 1.88. The number of hydrogen-bond acceptors (Lipinski definition) is 3. The average molecular weight is 259 g/mol. The van der Waals surface area contributed by atoms with Gasteiger partial charge < -0.3 is 0 Å². The van der Waals surface area contributed by atoms with E-state index in [4.69, 9.17) is 0 Å². The van der Waals surface area contributed by atoms with Crippen LogP contribution in [0.2, 0.25) is 0 Å². The van der Waals surface area contributed by atoms with Crippen LogP contribution in [-0.4, -0.2) is 38.0 Å². The number of aryl methyl sites for hydroxylation is 1. The Kier molecular flexibility index (Phi) is 3.64. The number of aromatic amines is 1. The lowest BCUT2D eigenvalue weighted by molar-refractivity contribution is 0.166. The standard InChI is InChI=1S/C14H21N5/c1-18-9-13(8-16-18)11-19-6-2-3-12(10-19)7-14-4-5-15-17-14/h4-5,8-9,12H,2-3,6-7,10-11H2,1H3,(H,15,17)/t12-/m0/s1. The molecule has 3 rings (SSSR count). The van der Waals surface area contributed by atoms with E-state index in [-0.39, 0.29) is 0 Å². The Labute approximate surface area is 113 Å². The van der Waals surface area contributed by atoms with Gasteiger partial charge in [-0.05, 0) is 37.8 Å². The summed E-state index contributed by atoms with van der Waals surface area (Å²) in [6, 6.07) is 2.08. The first-order valence-corrected chi connectivity index (χ1v) is 6.98. The molecular weight excluding hydrogens is 238 g/mol. The van der Waals surface area contributed by atoms with Crippen LogP contribution in [0.3, 0.4) is 0 Å². The molecule has 0 aromatic carbocycles. The highest BCUT2D eigenvalue weighted by atomic mass is 15.2. The fourth-order valence-corrected chi connectivity index (χ4v) is 2.98. The van der Waals surface area contributed by atoms with E-state index in [1.807, 2.05) is 24.1 Å². The molecule has 0 amide bonds. The van der Waals surface area contributed by atoms with Crippen LogP contribution in [-0.2, 0) is 20.0 Å². The van der Waals surface area contributed by atoms with E-state index in [0.29, 0.717) is 0 Å². The monoisotopic (exact) mass is 259 g/mol. The fourth-order valence-electron chi connectivity index (χ4n) is 2.98. The minimum atomic E-state index is 0.742. The number of aromatic nitrogens is 4. The highest BCUT2D eigenvalue weighted by Crippen LogP contribution is 2.21. The third-order valence-corrected chi connectivity index (χ3v) is 3.83. The normalized spacial score (nSPS) is 20.8. The summed E-state index contributed by atoms with van der Waals surface area (Å²) in [5.41, 5.74) is 2.57. The largest absolute Gasteiger partial charge is 0.299 e. The Bertz CT molecular complexity index is 502. The summed E-state index contributed by atoms with van der Waals surface area (Å²) in [6.45, 7) is 3.40. The SMILES string of the molecule is Cn1cc(CN2CCC[C@@H](Cc3ccn[nH]3)C2)cn1. The van der Waals surface area contributed by atoms with Gasteiger partial charge in [0.15, 0.2) is 0 Å². The first-order valence-electron chi connectivity index (χ1n) is 6.98. The van der Waals surface area contributed by atoms with E-state index in [1.54, 1.807) is 0 Å². The molecule has 5 heteroatoms. The summed E-state index contributed by atoms with van der Waals surface area (Å²) in [6.07, 6.45) is 9.65. The Hall–Kier alpha value is -1.62. The molecule has 19 heavy (non-hydrogen) atoms. The highest BCUT2D eigenvalue weighted by molar-refractivity contribution is 5.04. The Morgan fingerprint density at radius 1 is 1.47 bits per heavy atom. The quantitative estimate of drug-likeness (QED) is 0.907. The smallest absolute Gasteiger partial charge is 0.0534 e. The lowest BCUT2D eigenvalue weighted by atomic mass is 9.93. The molecule has 0 bridgehead atoms. The molecular formula is C14H21N5. The van der Waals surface area contributed by atoms with Gasteiger partial charge in [0.05, 0.1) is 6.20 Å². The van der Waals surface area contributed by atoms with Crippen molar-refractivity contribution >= 4 is 0 Å². The predicted molar refractivity (Wildman–Crippen MR) is 73.5 cm³/mol. The van der Waals surface area contributed by atoms with Gasteiger partial charge in [0.1, 0.15) is 0 Å². The van der Waals surface area contributed by atoms with Crippen molar-refractivity contribution < 1.29 is 0 Å². The summed E-state index contributed by atoms with van der Waals surface area (Å²) in [7, 11) is 1.97. The van der Waals surface area contributed by atoms with Gasteiger partial charge in [-0.1, -0.05) is 0 Å². The van der Waals surface area contributed by atoms with E-state index in [0.717, 1.165) is 18.9 Å². The van der Waals surface area contributed by atoms with Gasteiger partial charge in [-0.15, -0.1) is 0 Å². The number of likely N-dealkylation sites (tertiary alicyclic amines) is 1. The molecule has 1 fully saturated rings. The minimum absolute atomic E-state index is 0.742. The molecule has 1 aliphatic heterocycles. The molecule has 1 aliphatic rings.